The minimum atomic E-state index is -1.11. The van der Waals surface area contributed by atoms with E-state index in [1.165, 1.54) is 0 Å². The number of amides is 2. The molecule has 1 aliphatic heterocycles. The van der Waals surface area contributed by atoms with Crippen LogP contribution in [0.1, 0.15) is 11.6 Å². The lowest BCUT2D eigenvalue weighted by Crippen LogP contribution is -2.46. The van der Waals surface area contributed by atoms with E-state index >= 15 is 0 Å². The van der Waals surface area contributed by atoms with Gasteiger partial charge in [-0.1, -0.05) is 30.3 Å². The number of nitrogens with zero attached hydrogens (tertiary/aromatic N) is 1. The molecular formula is C16H13F2N3O2. The largest absolute Gasteiger partial charge is 0.368 e. The van der Waals surface area contributed by atoms with Gasteiger partial charge in [0.1, 0.15) is 12.6 Å². The van der Waals surface area contributed by atoms with Crippen LogP contribution in [0.15, 0.2) is 42.5 Å². The third kappa shape index (κ3) is 2.73. The highest BCUT2D eigenvalue weighted by molar-refractivity contribution is 6.08. The van der Waals surface area contributed by atoms with Crippen LogP contribution in [0.3, 0.4) is 0 Å². The molecule has 118 valence electrons. The summed E-state index contributed by atoms with van der Waals surface area (Å²) in [6.07, 6.45) is 0. The van der Waals surface area contributed by atoms with Crippen molar-refractivity contribution in [2.24, 2.45) is 5.73 Å². The smallest absolute Gasteiger partial charge is 0.254 e. The Morgan fingerprint density at radius 1 is 1.17 bits per heavy atom. The second-order valence-electron chi connectivity index (χ2n) is 5.16. The fourth-order valence-corrected chi connectivity index (χ4v) is 2.56. The average Bonchev–Trinajstić information content (AvgIpc) is 2.52. The first kappa shape index (κ1) is 15.0. The Kier molecular flexibility index (Phi) is 3.69. The van der Waals surface area contributed by atoms with Crippen molar-refractivity contribution in [2.75, 3.05) is 16.8 Å². The second-order valence-corrected chi connectivity index (χ2v) is 5.16. The lowest BCUT2D eigenvalue weighted by Gasteiger charge is -2.35. The molecule has 1 aliphatic rings. The van der Waals surface area contributed by atoms with Gasteiger partial charge in [0.2, 0.25) is 5.91 Å². The summed E-state index contributed by atoms with van der Waals surface area (Å²) < 4.78 is 27.0. The first-order valence-corrected chi connectivity index (χ1v) is 6.87. The van der Waals surface area contributed by atoms with Gasteiger partial charge in [0.25, 0.3) is 5.91 Å². The number of fused-ring (bicyclic) bond motifs is 1. The summed E-state index contributed by atoms with van der Waals surface area (Å²) in [6.45, 7) is -0.415. The van der Waals surface area contributed by atoms with E-state index in [4.69, 9.17) is 5.73 Å². The number of anilines is 2. The van der Waals surface area contributed by atoms with Crippen molar-refractivity contribution >= 4 is 23.2 Å². The minimum absolute atomic E-state index is 0.0832. The molecule has 7 heteroatoms. The lowest BCUT2D eigenvalue weighted by atomic mass is 10.0. The molecule has 0 saturated heterocycles. The molecule has 1 atom stereocenters. The molecule has 0 aromatic heterocycles. The van der Waals surface area contributed by atoms with Gasteiger partial charge in [0.05, 0.1) is 11.4 Å². The van der Waals surface area contributed by atoms with Crippen LogP contribution >= 0.6 is 0 Å². The van der Waals surface area contributed by atoms with E-state index in [9.17, 15) is 18.4 Å². The summed E-state index contributed by atoms with van der Waals surface area (Å²) >= 11 is 0. The number of carbonyl (C=O) groups excluding carboxylic acids is 2. The van der Waals surface area contributed by atoms with Crippen LogP contribution in [0.25, 0.3) is 0 Å². The summed E-state index contributed by atoms with van der Waals surface area (Å²) in [7, 11) is 0. The Hall–Kier alpha value is -2.96. The maximum absolute atomic E-state index is 13.5. The van der Waals surface area contributed by atoms with Gasteiger partial charge in [0, 0.05) is 12.1 Å². The van der Waals surface area contributed by atoms with E-state index in [1.54, 1.807) is 30.3 Å². The standard InChI is InChI=1S/C16H13F2N3O2/c17-10-6-12-13(7-11(10)18)21(8-14(19)22)16(23)15(20-12)9-4-2-1-3-5-9/h1-7,15,20H,8H2,(H2,19,22). The van der Waals surface area contributed by atoms with Crippen molar-refractivity contribution in [3.8, 4) is 0 Å². The Morgan fingerprint density at radius 2 is 1.83 bits per heavy atom. The topological polar surface area (TPSA) is 75.4 Å². The molecule has 3 rings (SSSR count). The SMILES string of the molecule is NC(=O)CN1C(=O)C(c2ccccc2)Nc2cc(F)c(F)cc21. The summed E-state index contributed by atoms with van der Waals surface area (Å²) in [5.74, 6) is -3.36. The van der Waals surface area contributed by atoms with E-state index in [0.29, 0.717) is 5.56 Å². The molecule has 3 N–H and O–H groups in total. The van der Waals surface area contributed by atoms with Crippen LogP contribution in [0.4, 0.5) is 20.2 Å². The van der Waals surface area contributed by atoms with Crippen molar-refractivity contribution in [1.82, 2.24) is 0 Å². The Labute approximate surface area is 130 Å². The third-order valence-electron chi connectivity index (χ3n) is 3.59. The van der Waals surface area contributed by atoms with Gasteiger partial charge >= 0.3 is 0 Å². The molecule has 2 aromatic rings. The van der Waals surface area contributed by atoms with E-state index in [1.807, 2.05) is 0 Å². The molecule has 0 aliphatic carbocycles. The minimum Gasteiger partial charge on any atom is -0.368 e. The first-order valence-electron chi connectivity index (χ1n) is 6.87. The number of nitrogens with two attached hydrogens (primary N) is 1. The molecule has 1 unspecified atom stereocenters. The summed E-state index contributed by atoms with van der Waals surface area (Å²) in [5.41, 5.74) is 6.12. The molecule has 5 nitrogen and oxygen atoms in total. The second kappa shape index (κ2) is 5.68. The zero-order chi connectivity index (χ0) is 16.6. The van der Waals surface area contributed by atoms with E-state index in [2.05, 4.69) is 5.32 Å². The molecule has 23 heavy (non-hydrogen) atoms. The van der Waals surface area contributed by atoms with Gasteiger partial charge in [-0.05, 0) is 5.56 Å². The Balaban J connectivity index is 2.10. The van der Waals surface area contributed by atoms with Crippen molar-refractivity contribution in [1.29, 1.82) is 0 Å². The van der Waals surface area contributed by atoms with Crippen LogP contribution in [-0.2, 0) is 9.59 Å². The Morgan fingerprint density at radius 3 is 2.48 bits per heavy atom. The number of primary amides is 1. The van der Waals surface area contributed by atoms with Crippen molar-refractivity contribution in [3.05, 3.63) is 59.7 Å². The maximum Gasteiger partial charge on any atom is 0.254 e. The molecule has 0 bridgehead atoms. The number of hydrogen-bond acceptors (Lipinski definition) is 3. The first-order chi connectivity index (χ1) is 11.0. The third-order valence-corrected chi connectivity index (χ3v) is 3.59. The number of benzene rings is 2. The van der Waals surface area contributed by atoms with Gasteiger partial charge in [0.15, 0.2) is 11.6 Å². The van der Waals surface area contributed by atoms with Gasteiger partial charge in [-0.2, -0.15) is 0 Å². The number of carbonyl (C=O) groups is 2. The van der Waals surface area contributed by atoms with Gasteiger partial charge in [-0.25, -0.2) is 8.78 Å². The van der Waals surface area contributed by atoms with E-state index in [0.717, 1.165) is 17.0 Å². The predicted octanol–water partition coefficient (Wildman–Crippen LogP) is 1.95. The molecule has 2 amide bonds. The highest BCUT2D eigenvalue weighted by Crippen LogP contribution is 2.37. The van der Waals surface area contributed by atoms with Gasteiger partial charge in [-0.3, -0.25) is 14.5 Å². The highest BCUT2D eigenvalue weighted by atomic mass is 19.2. The van der Waals surface area contributed by atoms with E-state index in [-0.39, 0.29) is 11.4 Å². The number of rotatable bonds is 3. The fourth-order valence-electron chi connectivity index (χ4n) is 2.56. The number of nitrogens with one attached hydrogen (secondary N) is 1. The molecule has 0 spiro atoms. The molecule has 0 fully saturated rings. The normalized spacial score (nSPS) is 16.7. The fraction of sp³-hybridized carbons (Fsp3) is 0.125. The molecule has 1 heterocycles. The summed E-state index contributed by atoms with van der Waals surface area (Å²) in [5, 5.41) is 2.88. The summed E-state index contributed by atoms with van der Waals surface area (Å²) in [4.78, 5) is 25.0. The van der Waals surface area contributed by atoms with Crippen molar-refractivity contribution in [2.45, 2.75) is 6.04 Å². The molecule has 0 radical (unpaired) electrons. The number of halogens is 2. The number of hydrogen-bond donors (Lipinski definition) is 2. The predicted molar refractivity (Wildman–Crippen MR) is 80.7 cm³/mol. The zero-order valence-corrected chi connectivity index (χ0v) is 11.9. The molecule has 0 saturated carbocycles. The highest BCUT2D eigenvalue weighted by Gasteiger charge is 2.35. The lowest BCUT2D eigenvalue weighted by molar-refractivity contribution is -0.123. The van der Waals surface area contributed by atoms with Crippen molar-refractivity contribution < 1.29 is 18.4 Å². The van der Waals surface area contributed by atoms with E-state index < -0.39 is 36.0 Å². The van der Waals surface area contributed by atoms with Crippen LogP contribution in [-0.4, -0.2) is 18.4 Å². The van der Waals surface area contributed by atoms with Crippen LogP contribution in [0.5, 0.6) is 0 Å². The molecular weight excluding hydrogens is 304 g/mol. The quantitative estimate of drug-likeness (QED) is 0.908. The Bertz CT molecular complexity index is 780. The summed E-state index contributed by atoms with van der Waals surface area (Å²) in [6, 6.07) is 9.77. The zero-order valence-electron chi connectivity index (χ0n) is 11.9. The van der Waals surface area contributed by atoms with Crippen LogP contribution in [0, 0.1) is 11.6 Å². The average molecular weight is 317 g/mol. The van der Waals surface area contributed by atoms with Crippen LogP contribution in [0.2, 0.25) is 0 Å². The van der Waals surface area contributed by atoms with Gasteiger partial charge in [-0.15, -0.1) is 0 Å². The molecule has 2 aromatic carbocycles. The van der Waals surface area contributed by atoms with Crippen LogP contribution < -0.4 is 16.0 Å². The van der Waals surface area contributed by atoms with Gasteiger partial charge < -0.3 is 11.1 Å². The van der Waals surface area contributed by atoms with Crippen molar-refractivity contribution in [3.63, 3.8) is 0 Å². The maximum atomic E-state index is 13.5. The monoisotopic (exact) mass is 317 g/mol.